The fourth-order valence-electron chi connectivity index (χ4n) is 2.23. The van der Waals surface area contributed by atoms with E-state index in [1.165, 1.54) is 18.3 Å². The van der Waals surface area contributed by atoms with Crippen LogP contribution in [-0.2, 0) is 0 Å². The Labute approximate surface area is 132 Å². The summed E-state index contributed by atoms with van der Waals surface area (Å²) in [4.78, 5) is 14.2. The lowest BCUT2D eigenvalue weighted by Crippen LogP contribution is -2.13. The van der Waals surface area contributed by atoms with Crippen LogP contribution in [-0.4, -0.2) is 29.0 Å². The van der Waals surface area contributed by atoms with Crippen molar-refractivity contribution < 1.29 is 8.78 Å². The maximum atomic E-state index is 14.1. The van der Waals surface area contributed by atoms with Gasteiger partial charge in [0.2, 0.25) is 5.95 Å². The van der Waals surface area contributed by atoms with Gasteiger partial charge in [0.15, 0.2) is 0 Å². The van der Waals surface area contributed by atoms with Gasteiger partial charge in [0.1, 0.15) is 11.6 Å². The van der Waals surface area contributed by atoms with E-state index in [-0.39, 0.29) is 5.82 Å². The minimum atomic E-state index is -0.480. The monoisotopic (exact) mass is 312 g/mol. The first kappa shape index (κ1) is 15.0. The van der Waals surface area contributed by atoms with Gasteiger partial charge in [-0.1, -0.05) is 12.1 Å². The Morgan fingerprint density at radius 2 is 1.83 bits per heavy atom. The summed E-state index contributed by atoms with van der Waals surface area (Å²) in [7, 11) is 3.61. The van der Waals surface area contributed by atoms with Gasteiger partial charge in [-0.3, -0.25) is 4.98 Å². The summed E-state index contributed by atoms with van der Waals surface area (Å²) in [5.74, 6) is -0.400. The summed E-state index contributed by atoms with van der Waals surface area (Å²) in [6.07, 6.45) is 4.17. The predicted molar refractivity (Wildman–Crippen MR) is 84.9 cm³/mol. The van der Waals surface area contributed by atoms with Crippen LogP contribution in [0.1, 0.15) is 0 Å². The maximum absolute atomic E-state index is 14.1. The topological polar surface area (TPSA) is 41.9 Å². The molecule has 2 aromatic heterocycles. The Morgan fingerprint density at radius 3 is 2.52 bits per heavy atom. The molecule has 116 valence electrons. The third-order valence-electron chi connectivity index (χ3n) is 3.34. The Morgan fingerprint density at radius 1 is 1.00 bits per heavy atom. The third-order valence-corrected chi connectivity index (χ3v) is 3.34. The number of halogens is 2. The van der Waals surface area contributed by atoms with Crippen LogP contribution in [0.2, 0.25) is 0 Å². The number of nitrogens with zero attached hydrogens (tertiary/aromatic N) is 4. The summed E-state index contributed by atoms with van der Waals surface area (Å²) in [6.45, 7) is 0. The number of anilines is 1. The fraction of sp³-hybridized carbons (Fsp3) is 0.118. The first-order chi connectivity index (χ1) is 11.1. The molecule has 0 aliphatic rings. The summed E-state index contributed by atoms with van der Waals surface area (Å²) >= 11 is 0. The molecule has 0 N–H and O–H groups in total. The highest BCUT2D eigenvalue weighted by Gasteiger charge is 2.15. The van der Waals surface area contributed by atoms with E-state index in [1.807, 2.05) is 0 Å². The summed E-state index contributed by atoms with van der Waals surface area (Å²) in [5.41, 5.74) is 1.83. The Balaban J connectivity index is 2.26. The zero-order chi connectivity index (χ0) is 16.4. The van der Waals surface area contributed by atoms with Crippen molar-refractivity contribution in [2.45, 2.75) is 0 Å². The van der Waals surface area contributed by atoms with Crippen LogP contribution in [0.5, 0.6) is 0 Å². The molecule has 2 heterocycles. The van der Waals surface area contributed by atoms with Crippen molar-refractivity contribution in [3.63, 3.8) is 0 Å². The quantitative estimate of drug-likeness (QED) is 0.742. The van der Waals surface area contributed by atoms with Gasteiger partial charge in [-0.15, -0.1) is 0 Å². The standard InChI is InChI=1S/C17H14F2N4/c1-23(2)17-21-9-14(13-6-7-20-10-15(13)19)16(22-17)11-4-3-5-12(18)8-11/h3-10H,1-2H3. The number of benzene rings is 1. The second-order valence-electron chi connectivity index (χ2n) is 5.19. The van der Waals surface area contributed by atoms with Crippen LogP contribution < -0.4 is 4.90 Å². The summed E-state index contributed by atoms with van der Waals surface area (Å²) in [5, 5.41) is 0. The van der Waals surface area contributed by atoms with Gasteiger partial charge in [0, 0.05) is 43.2 Å². The van der Waals surface area contributed by atoms with E-state index in [2.05, 4.69) is 15.0 Å². The van der Waals surface area contributed by atoms with E-state index in [0.29, 0.717) is 28.3 Å². The van der Waals surface area contributed by atoms with Gasteiger partial charge in [0.25, 0.3) is 0 Å². The van der Waals surface area contributed by atoms with Crippen LogP contribution in [0, 0.1) is 11.6 Å². The van der Waals surface area contributed by atoms with Gasteiger partial charge in [-0.2, -0.15) is 0 Å². The molecule has 3 aromatic rings. The summed E-state index contributed by atoms with van der Waals surface area (Å²) in [6, 6.07) is 7.59. The van der Waals surface area contributed by atoms with E-state index in [0.717, 1.165) is 6.20 Å². The lowest BCUT2D eigenvalue weighted by molar-refractivity contribution is 0.625. The van der Waals surface area contributed by atoms with Crippen LogP contribution in [0.4, 0.5) is 14.7 Å². The second kappa shape index (κ2) is 6.08. The van der Waals surface area contributed by atoms with Crippen molar-refractivity contribution in [1.82, 2.24) is 15.0 Å². The van der Waals surface area contributed by atoms with E-state index in [9.17, 15) is 8.78 Å². The number of hydrogen-bond donors (Lipinski definition) is 0. The highest BCUT2D eigenvalue weighted by atomic mass is 19.1. The van der Waals surface area contributed by atoms with Gasteiger partial charge < -0.3 is 4.90 Å². The van der Waals surface area contributed by atoms with E-state index < -0.39 is 5.82 Å². The number of hydrogen-bond acceptors (Lipinski definition) is 4. The van der Waals surface area contributed by atoms with Gasteiger partial charge in [-0.25, -0.2) is 18.7 Å². The van der Waals surface area contributed by atoms with Crippen molar-refractivity contribution in [2.75, 3.05) is 19.0 Å². The second-order valence-corrected chi connectivity index (χ2v) is 5.19. The Bertz CT molecular complexity index is 850. The van der Waals surface area contributed by atoms with Crippen molar-refractivity contribution in [2.24, 2.45) is 0 Å². The Kier molecular flexibility index (Phi) is 3.97. The molecule has 0 fully saturated rings. The largest absolute Gasteiger partial charge is 0.347 e. The minimum absolute atomic E-state index is 0.324. The highest BCUT2D eigenvalue weighted by molar-refractivity contribution is 5.81. The molecule has 0 radical (unpaired) electrons. The first-order valence-electron chi connectivity index (χ1n) is 6.96. The molecular formula is C17H14F2N4. The molecule has 1 aromatic carbocycles. The predicted octanol–water partition coefficient (Wildman–Crippen LogP) is 3.55. The van der Waals surface area contributed by atoms with Crippen LogP contribution in [0.15, 0.2) is 48.9 Å². The Hall–Kier alpha value is -2.89. The molecule has 0 amide bonds. The lowest BCUT2D eigenvalue weighted by atomic mass is 10.0. The van der Waals surface area contributed by atoms with Crippen LogP contribution >= 0.6 is 0 Å². The molecule has 0 saturated carbocycles. The SMILES string of the molecule is CN(C)c1ncc(-c2ccncc2F)c(-c2cccc(F)c2)n1. The number of pyridine rings is 1. The molecule has 0 bridgehead atoms. The van der Waals surface area contributed by atoms with Crippen molar-refractivity contribution in [3.8, 4) is 22.4 Å². The minimum Gasteiger partial charge on any atom is -0.347 e. The molecule has 0 aliphatic carbocycles. The van der Waals surface area contributed by atoms with Crippen molar-refractivity contribution >= 4 is 5.95 Å². The van der Waals surface area contributed by atoms with Gasteiger partial charge in [0.05, 0.1) is 11.9 Å². The summed E-state index contributed by atoms with van der Waals surface area (Å²) < 4.78 is 27.7. The maximum Gasteiger partial charge on any atom is 0.225 e. The molecule has 3 rings (SSSR count). The van der Waals surface area contributed by atoms with Crippen LogP contribution in [0.3, 0.4) is 0 Å². The first-order valence-corrected chi connectivity index (χ1v) is 6.96. The molecular weight excluding hydrogens is 298 g/mol. The molecule has 0 aliphatic heterocycles. The lowest BCUT2D eigenvalue weighted by Gasteiger charge is -2.15. The van der Waals surface area contributed by atoms with Gasteiger partial charge in [-0.05, 0) is 18.2 Å². The van der Waals surface area contributed by atoms with E-state index >= 15 is 0 Å². The molecule has 0 unspecified atom stereocenters. The third kappa shape index (κ3) is 3.01. The number of rotatable bonds is 3. The molecule has 0 saturated heterocycles. The van der Waals surface area contributed by atoms with Crippen LogP contribution in [0.25, 0.3) is 22.4 Å². The van der Waals surface area contributed by atoms with Crippen molar-refractivity contribution in [1.29, 1.82) is 0 Å². The molecule has 0 atom stereocenters. The smallest absolute Gasteiger partial charge is 0.225 e. The average molecular weight is 312 g/mol. The van der Waals surface area contributed by atoms with E-state index in [4.69, 9.17) is 0 Å². The zero-order valence-electron chi connectivity index (χ0n) is 12.7. The molecule has 4 nitrogen and oxygen atoms in total. The molecule has 23 heavy (non-hydrogen) atoms. The van der Waals surface area contributed by atoms with E-state index in [1.54, 1.807) is 43.4 Å². The van der Waals surface area contributed by atoms with Gasteiger partial charge >= 0.3 is 0 Å². The normalized spacial score (nSPS) is 10.6. The number of aromatic nitrogens is 3. The average Bonchev–Trinajstić information content (AvgIpc) is 2.55. The molecule has 0 spiro atoms. The highest BCUT2D eigenvalue weighted by Crippen LogP contribution is 2.32. The molecule has 6 heteroatoms. The zero-order valence-corrected chi connectivity index (χ0v) is 12.7. The fourth-order valence-corrected chi connectivity index (χ4v) is 2.23. The van der Waals surface area contributed by atoms with Crippen molar-refractivity contribution in [3.05, 3.63) is 60.6 Å².